The molecule has 0 saturated carbocycles. The maximum atomic E-state index is 9.83. The van der Waals surface area contributed by atoms with Crippen LogP contribution in [0.5, 0.6) is 0 Å². The molecular formula is C8H21N3O. The molecule has 0 radical (unpaired) electrons. The summed E-state index contributed by atoms with van der Waals surface area (Å²) >= 11 is 0. The average Bonchev–Trinajstić information content (AvgIpc) is 2.00. The van der Waals surface area contributed by atoms with Gasteiger partial charge in [-0.25, -0.2) is 10.9 Å². The van der Waals surface area contributed by atoms with Crippen LogP contribution in [0.3, 0.4) is 0 Å². The molecule has 0 amide bonds. The zero-order valence-corrected chi connectivity index (χ0v) is 8.52. The molecule has 0 aliphatic carbocycles. The third-order valence-electron chi connectivity index (χ3n) is 1.83. The van der Waals surface area contributed by atoms with Gasteiger partial charge in [-0.15, -0.1) is 0 Å². The highest BCUT2D eigenvalue weighted by molar-refractivity contribution is 4.73. The summed E-state index contributed by atoms with van der Waals surface area (Å²) in [4.78, 5) is 0. The van der Waals surface area contributed by atoms with Crippen LogP contribution in [0.4, 0.5) is 0 Å². The summed E-state index contributed by atoms with van der Waals surface area (Å²) in [5, 5.41) is 11.6. The van der Waals surface area contributed by atoms with E-state index in [4.69, 9.17) is 0 Å². The van der Waals surface area contributed by atoms with E-state index in [1.165, 1.54) is 0 Å². The third-order valence-corrected chi connectivity index (χ3v) is 1.83. The van der Waals surface area contributed by atoms with Gasteiger partial charge in [0.25, 0.3) is 0 Å². The molecule has 12 heavy (non-hydrogen) atoms. The molecule has 0 aromatic heterocycles. The van der Waals surface area contributed by atoms with Crippen molar-refractivity contribution in [1.29, 1.82) is 0 Å². The van der Waals surface area contributed by atoms with Crippen LogP contribution in [0.1, 0.15) is 26.7 Å². The Balaban J connectivity index is 3.84. The van der Waals surface area contributed by atoms with Gasteiger partial charge in [0.05, 0.1) is 12.1 Å². The van der Waals surface area contributed by atoms with Crippen molar-refractivity contribution in [2.45, 2.75) is 32.3 Å². The molecule has 0 heterocycles. The number of aliphatic hydroxyl groups is 1. The standard InChI is InChI=1S/C8H21N3O/c1-5-6-8(2,12)7-11(9-3)10-4/h9-10,12H,5-7H2,1-4H3. The Labute approximate surface area is 74.9 Å². The molecule has 0 aromatic rings. The largest absolute Gasteiger partial charge is 0.389 e. The van der Waals surface area contributed by atoms with Crippen molar-refractivity contribution in [3.63, 3.8) is 0 Å². The van der Waals surface area contributed by atoms with E-state index in [2.05, 4.69) is 17.8 Å². The van der Waals surface area contributed by atoms with E-state index in [0.29, 0.717) is 6.54 Å². The lowest BCUT2D eigenvalue weighted by Gasteiger charge is -2.29. The fourth-order valence-corrected chi connectivity index (χ4v) is 1.23. The predicted octanol–water partition coefficient (Wildman–Crippen LogP) is 0.108. The summed E-state index contributed by atoms with van der Waals surface area (Å²) in [7, 11) is 3.64. The Morgan fingerprint density at radius 2 is 1.83 bits per heavy atom. The van der Waals surface area contributed by atoms with Gasteiger partial charge in [0.15, 0.2) is 0 Å². The smallest absolute Gasteiger partial charge is 0.0774 e. The summed E-state index contributed by atoms with van der Waals surface area (Å²) in [6.07, 6.45) is 1.81. The van der Waals surface area contributed by atoms with Gasteiger partial charge < -0.3 is 5.11 Å². The summed E-state index contributed by atoms with van der Waals surface area (Å²) in [6, 6.07) is 0. The Morgan fingerprint density at radius 3 is 2.17 bits per heavy atom. The van der Waals surface area contributed by atoms with Crippen LogP contribution in [0.15, 0.2) is 0 Å². The van der Waals surface area contributed by atoms with Crippen LogP contribution in [0, 0.1) is 0 Å². The van der Waals surface area contributed by atoms with Gasteiger partial charge >= 0.3 is 0 Å². The van der Waals surface area contributed by atoms with E-state index in [0.717, 1.165) is 12.8 Å². The molecule has 4 nitrogen and oxygen atoms in total. The molecule has 0 rings (SSSR count). The molecule has 0 aliphatic rings. The highest BCUT2D eigenvalue weighted by atomic mass is 16.3. The molecule has 1 atom stereocenters. The number of hydrogen-bond acceptors (Lipinski definition) is 4. The Morgan fingerprint density at radius 1 is 1.33 bits per heavy atom. The molecule has 0 aliphatic heterocycles. The molecule has 1 unspecified atom stereocenters. The van der Waals surface area contributed by atoms with E-state index in [-0.39, 0.29) is 0 Å². The lowest BCUT2D eigenvalue weighted by Crippen LogP contribution is -2.51. The van der Waals surface area contributed by atoms with E-state index in [9.17, 15) is 5.11 Å². The molecule has 0 bridgehead atoms. The van der Waals surface area contributed by atoms with Crippen LogP contribution >= 0.6 is 0 Å². The maximum Gasteiger partial charge on any atom is 0.0774 e. The molecule has 3 N–H and O–H groups in total. The van der Waals surface area contributed by atoms with Gasteiger partial charge in [0.2, 0.25) is 0 Å². The zero-order valence-electron chi connectivity index (χ0n) is 8.52. The Bertz CT molecular complexity index is 113. The van der Waals surface area contributed by atoms with E-state index >= 15 is 0 Å². The second-order valence-electron chi connectivity index (χ2n) is 3.28. The summed E-state index contributed by atoms with van der Waals surface area (Å²) in [5.74, 6) is 0. The van der Waals surface area contributed by atoms with Crippen molar-refractivity contribution in [1.82, 2.24) is 16.0 Å². The normalized spacial score (nSPS) is 16.5. The minimum Gasteiger partial charge on any atom is -0.389 e. The number of hydrazine groups is 2. The van der Waals surface area contributed by atoms with Crippen molar-refractivity contribution < 1.29 is 5.11 Å². The monoisotopic (exact) mass is 175 g/mol. The Kier molecular flexibility index (Phi) is 5.41. The van der Waals surface area contributed by atoms with Crippen molar-refractivity contribution >= 4 is 0 Å². The first-order valence-electron chi connectivity index (χ1n) is 4.40. The second kappa shape index (κ2) is 5.48. The van der Waals surface area contributed by atoms with Crippen LogP contribution < -0.4 is 10.9 Å². The average molecular weight is 175 g/mol. The lowest BCUT2D eigenvalue weighted by atomic mass is 10.0. The zero-order chi connectivity index (χ0) is 9.61. The molecule has 0 fully saturated rings. The molecule has 0 saturated heterocycles. The first-order valence-corrected chi connectivity index (χ1v) is 4.40. The van der Waals surface area contributed by atoms with E-state index in [1.54, 1.807) is 5.12 Å². The Hall–Kier alpha value is -0.160. The first-order chi connectivity index (χ1) is 5.55. The predicted molar refractivity (Wildman–Crippen MR) is 50.4 cm³/mol. The molecule has 4 heteroatoms. The van der Waals surface area contributed by atoms with Crippen LogP contribution in [0.2, 0.25) is 0 Å². The summed E-state index contributed by atoms with van der Waals surface area (Å²) < 4.78 is 0. The van der Waals surface area contributed by atoms with Crippen LogP contribution in [-0.2, 0) is 0 Å². The highest BCUT2D eigenvalue weighted by Crippen LogP contribution is 2.11. The minimum atomic E-state index is -0.624. The fraction of sp³-hybridized carbons (Fsp3) is 1.00. The van der Waals surface area contributed by atoms with E-state index < -0.39 is 5.60 Å². The van der Waals surface area contributed by atoms with Crippen LogP contribution in [-0.4, -0.2) is 36.5 Å². The minimum absolute atomic E-state index is 0.577. The molecule has 0 spiro atoms. The van der Waals surface area contributed by atoms with Gasteiger partial charge in [0, 0.05) is 14.1 Å². The quantitative estimate of drug-likeness (QED) is 0.501. The van der Waals surface area contributed by atoms with Crippen molar-refractivity contribution in [3.05, 3.63) is 0 Å². The molecular weight excluding hydrogens is 154 g/mol. The second-order valence-corrected chi connectivity index (χ2v) is 3.28. The van der Waals surface area contributed by atoms with E-state index in [1.807, 2.05) is 21.0 Å². The lowest BCUT2D eigenvalue weighted by molar-refractivity contribution is -0.0182. The number of rotatable bonds is 6. The first kappa shape index (κ1) is 11.8. The highest BCUT2D eigenvalue weighted by Gasteiger charge is 2.21. The maximum absolute atomic E-state index is 9.83. The summed E-state index contributed by atoms with van der Waals surface area (Å²) in [6.45, 7) is 4.49. The van der Waals surface area contributed by atoms with Gasteiger partial charge in [-0.1, -0.05) is 13.3 Å². The SMILES string of the molecule is CCCC(C)(O)CN(NC)NC. The van der Waals surface area contributed by atoms with Gasteiger partial charge in [-0.2, -0.15) is 5.12 Å². The number of nitrogens with zero attached hydrogens (tertiary/aromatic N) is 1. The van der Waals surface area contributed by atoms with Crippen molar-refractivity contribution in [2.75, 3.05) is 20.6 Å². The number of nitrogens with one attached hydrogen (secondary N) is 2. The number of hydrogen-bond donors (Lipinski definition) is 3. The van der Waals surface area contributed by atoms with Crippen molar-refractivity contribution in [3.8, 4) is 0 Å². The van der Waals surface area contributed by atoms with Gasteiger partial charge in [-0.3, -0.25) is 0 Å². The fourth-order valence-electron chi connectivity index (χ4n) is 1.23. The molecule has 74 valence electrons. The van der Waals surface area contributed by atoms with Crippen molar-refractivity contribution in [2.24, 2.45) is 0 Å². The topological polar surface area (TPSA) is 47.5 Å². The van der Waals surface area contributed by atoms with Gasteiger partial charge in [-0.05, 0) is 13.3 Å². The molecule has 0 aromatic carbocycles. The van der Waals surface area contributed by atoms with Crippen LogP contribution in [0.25, 0.3) is 0 Å². The summed E-state index contributed by atoms with van der Waals surface area (Å²) in [5.41, 5.74) is 5.23. The third kappa shape index (κ3) is 4.66. The van der Waals surface area contributed by atoms with Gasteiger partial charge in [0.1, 0.15) is 0 Å².